The van der Waals surface area contributed by atoms with E-state index < -0.39 is 0 Å². The van der Waals surface area contributed by atoms with Crippen LogP contribution in [0.1, 0.15) is 54.7 Å². The summed E-state index contributed by atoms with van der Waals surface area (Å²) < 4.78 is 5.22. The summed E-state index contributed by atoms with van der Waals surface area (Å²) in [7, 11) is 0. The minimum atomic E-state index is -0.367. The average Bonchev–Trinajstić information content (AvgIpc) is 3.22. The van der Waals surface area contributed by atoms with Gasteiger partial charge < -0.3 is 15.1 Å². The average molecular weight is 363 g/mol. The highest BCUT2D eigenvalue weighted by Crippen LogP contribution is 2.26. The van der Waals surface area contributed by atoms with E-state index >= 15 is 0 Å². The van der Waals surface area contributed by atoms with Gasteiger partial charge in [-0.25, -0.2) is 0 Å². The van der Waals surface area contributed by atoms with Crippen molar-refractivity contribution in [2.45, 2.75) is 51.6 Å². The van der Waals surface area contributed by atoms with Crippen molar-refractivity contribution in [1.29, 1.82) is 5.26 Å². The molecular weight excluding hydrogens is 338 g/mol. The van der Waals surface area contributed by atoms with Gasteiger partial charge in [0, 0.05) is 6.20 Å². The number of hydrogen-bond donors (Lipinski definition) is 2. The molecule has 2 N–H and O–H groups in total. The number of fused-ring (bicyclic) bond motifs is 1. The summed E-state index contributed by atoms with van der Waals surface area (Å²) in [6.45, 7) is 2.46. The summed E-state index contributed by atoms with van der Waals surface area (Å²) in [5, 5.41) is 15.3. The minimum absolute atomic E-state index is 0.0537. The second-order valence-electron chi connectivity index (χ2n) is 6.80. The van der Waals surface area contributed by atoms with Gasteiger partial charge in [0.2, 0.25) is 0 Å². The van der Waals surface area contributed by atoms with Gasteiger partial charge in [0.25, 0.3) is 5.91 Å². The second kappa shape index (κ2) is 9.09. The molecule has 1 aromatic carbocycles. The van der Waals surface area contributed by atoms with Crippen molar-refractivity contribution in [3.8, 4) is 6.07 Å². The Morgan fingerprint density at radius 1 is 1.30 bits per heavy atom. The molecule has 5 heteroatoms. The first-order chi connectivity index (χ1) is 13.2. The predicted octanol–water partition coefficient (Wildman–Crippen LogP) is 3.92. The lowest BCUT2D eigenvalue weighted by molar-refractivity contribution is -0.117. The number of benzene rings is 1. The van der Waals surface area contributed by atoms with Gasteiger partial charge in [-0.3, -0.25) is 4.79 Å². The Morgan fingerprint density at radius 2 is 2.11 bits per heavy atom. The normalized spacial score (nSPS) is 14.7. The zero-order valence-corrected chi connectivity index (χ0v) is 15.6. The maximum atomic E-state index is 12.5. The van der Waals surface area contributed by atoms with Crippen molar-refractivity contribution in [2.24, 2.45) is 0 Å². The third-order valence-corrected chi connectivity index (χ3v) is 4.96. The van der Waals surface area contributed by atoms with Crippen LogP contribution in [0.2, 0.25) is 0 Å². The van der Waals surface area contributed by atoms with Crippen LogP contribution in [-0.4, -0.2) is 5.91 Å². The Kier molecular flexibility index (Phi) is 6.32. The second-order valence-corrected chi connectivity index (χ2v) is 6.80. The molecule has 0 aliphatic heterocycles. The number of nitriles is 1. The Labute approximate surface area is 160 Å². The molecule has 1 atom stereocenters. The molecule has 0 saturated heterocycles. The topological polar surface area (TPSA) is 78.1 Å². The summed E-state index contributed by atoms with van der Waals surface area (Å²) in [6.07, 6.45) is 8.52. The molecule has 1 aromatic heterocycles. The summed E-state index contributed by atoms with van der Waals surface area (Å²) in [5.74, 6) is 0.374. The Morgan fingerprint density at radius 3 is 2.81 bits per heavy atom. The largest absolute Gasteiger partial charge is 0.467 e. The number of carbonyl (C=O) groups excluding carboxylic acids is 1. The van der Waals surface area contributed by atoms with Gasteiger partial charge in [-0.2, -0.15) is 5.26 Å². The maximum Gasteiger partial charge on any atom is 0.263 e. The van der Waals surface area contributed by atoms with Gasteiger partial charge in [0.15, 0.2) is 0 Å². The maximum absolute atomic E-state index is 12.5. The number of amides is 1. The van der Waals surface area contributed by atoms with Crippen LogP contribution in [-0.2, 0) is 24.2 Å². The fourth-order valence-electron chi connectivity index (χ4n) is 3.44. The fraction of sp³-hybridized carbons (Fsp3) is 0.364. The van der Waals surface area contributed by atoms with E-state index in [0.29, 0.717) is 6.54 Å². The molecule has 1 amide bonds. The molecule has 140 valence electrons. The highest BCUT2D eigenvalue weighted by Gasteiger charge is 2.18. The molecular formula is C22H25N3O2. The number of nitrogens with zero attached hydrogens (tertiary/aromatic N) is 1. The number of hydrogen-bond acceptors (Lipinski definition) is 4. The van der Waals surface area contributed by atoms with E-state index in [0.717, 1.165) is 30.6 Å². The molecule has 0 radical (unpaired) electrons. The van der Waals surface area contributed by atoms with Gasteiger partial charge in [0.1, 0.15) is 17.4 Å². The van der Waals surface area contributed by atoms with Crippen molar-refractivity contribution in [2.75, 3.05) is 0 Å². The number of nitrogens with one attached hydrogen (secondary N) is 2. The Bertz CT molecular complexity index is 847. The van der Waals surface area contributed by atoms with Gasteiger partial charge in [-0.15, -0.1) is 0 Å². The van der Waals surface area contributed by atoms with Crippen LogP contribution in [0, 0.1) is 11.3 Å². The third kappa shape index (κ3) is 4.79. The van der Waals surface area contributed by atoms with E-state index in [9.17, 15) is 10.1 Å². The molecule has 1 aliphatic carbocycles. The Hall–Kier alpha value is -3.00. The van der Waals surface area contributed by atoms with Gasteiger partial charge in [0.05, 0.1) is 18.8 Å². The van der Waals surface area contributed by atoms with E-state index in [1.807, 2.05) is 19.1 Å². The molecule has 0 spiro atoms. The first-order valence-corrected chi connectivity index (χ1v) is 9.50. The first kappa shape index (κ1) is 18.8. The molecule has 1 heterocycles. The van der Waals surface area contributed by atoms with Crippen LogP contribution in [0.15, 0.2) is 52.8 Å². The molecule has 0 saturated carbocycles. The summed E-state index contributed by atoms with van der Waals surface area (Å²) in [4.78, 5) is 12.5. The van der Waals surface area contributed by atoms with Crippen LogP contribution in [0.5, 0.6) is 0 Å². The summed E-state index contributed by atoms with van der Waals surface area (Å²) >= 11 is 0. The Balaban J connectivity index is 1.65. The first-order valence-electron chi connectivity index (χ1n) is 9.50. The zero-order chi connectivity index (χ0) is 19.1. The molecule has 0 bridgehead atoms. The van der Waals surface area contributed by atoms with E-state index in [2.05, 4.69) is 28.8 Å². The van der Waals surface area contributed by atoms with Crippen molar-refractivity contribution in [1.82, 2.24) is 10.6 Å². The minimum Gasteiger partial charge on any atom is -0.467 e. The smallest absolute Gasteiger partial charge is 0.263 e. The van der Waals surface area contributed by atoms with Crippen LogP contribution in [0.4, 0.5) is 0 Å². The lowest BCUT2D eigenvalue weighted by Crippen LogP contribution is -2.30. The molecule has 3 rings (SSSR count). The van der Waals surface area contributed by atoms with E-state index in [1.54, 1.807) is 12.3 Å². The lowest BCUT2D eigenvalue weighted by atomic mass is 9.88. The number of furan rings is 1. The highest BCUT2D eigenvalue weighted by atomic mass is 16.3. The molecule has 0 fully saturated rings. The van der Waals surface area contributed by atoms with Crippen LogP contribution >= 0.6 is 0 Å². The quantitative estimate of drug-likeness (QED) is 0.577. The van der Waals surface area contributed by atoms with Crippen molar-refractivity contribution < 1.29 is 9.21 Å². The number of rotatable bonds is 7. The molecule has 27 heavy (non-hydrogen) atoms. The van der Waals surface area contributed by atoms with Crippen LogP contribution in [0.25, 0.3) is 0 Å². The standard InChI is InChI=1S/C22H25N3O2/c1-2-21(18-10-9-16-6-3-4-7-17(16)12-18)25-22(26)19(13-23)14-24-15-20-8-5-11-27-20/h5,8-12,14,21,24H,2-4,6-7,15H2,1H3,(H,25,26)/b19-14-. The number of carbonyl (C=O) groups is 1. The van der Waals surface area contributed by atoms with Crippen molar-refractivity contribution >= 4 is 5.91 Å². The molecule has 1 unspecified atom stereocenters. The third-order valence-electron chi connectivity index (χ3n) is 4.96. The van der Waals surface area contributed by atoms with Gasteiger partial charge >= 0.3 is 0 Å². The highest BCUT2D eigenvalue weighted by molar-refractivity contribution is 5.97. The number of aryl methyl sites for hydroxylation is 2. The zero-order valence-electron chi connectivity index (χ0n) is 15.6. The summed E-state index contributed by atoms with van der Waals surface area (Å²) in [5.41, 5.74) is 3.97. The van der Waals surface area contributed by atoms with Gasteiger partial charge in [-0.05, 0) is 60.9 Å². The monoisotopic (exact) mass is 363 g/mol. The van der Waals surface area contributed by atoms with E-state index in [4.69, 9.17) is 4.42 Å². The molecule has 1 aliphatic rings. The summed E-state index contributed by atoms with van der Waals surface area (Å²) in [6, 6.07) is 12.0. The van der Waals surface area contributed by atoms with Crippen LogP contribution < -0.4 is 10.6 Å². The lowest BCUT2D eigenvalue weighted by Gasteiger charge is -2.21. The molecule has 5 nitrogen and oxygen atoms in total. The van der Waals surface area contributed by atoms with Gasteiger partial charge in [-0.1, -0.05) is 25.1 Å². The van der Waals surface area contributed by atoms with E-state index in [1.165, 1.54) is 30.2 Å². The predicted molar refractivity (Wildman–Crippen MR) is 104 cm³/mol. The fourth-order valence-corrected chi connectivity index (χ4v) is 3.44. The van der Waals surface area contributed by atoms with Crippen molar-refractivity contribution in [3.05, 3.63) is 70.8 Å². The molecule has 2 aromatic rings. The SMILES string of the molecule is CCC(NC(=O)/C(C#N)=C\NCc1ccco1)c1ccc2c(c1)CCCC2. The van der Waals surface area contributed by atoms with Crippen molar-refractivity contribution in [3.63, 3.8) is 0 Å². The van der Waals surface area contributed by atoms with Crippen LogP contribution in [0.3, 0.4) is 0 Å². The van der Waals surface area contributed by atoms with E-state index in [-0.39, 0.29) is 17.5 Å².